The monoisotopic (exact) mass is 494 g/mol. The quantitative estimate of drug-likeness (QED) is 0.539. The largest absolute Gasteiger partial charge is 0.497 e. The number of aliphatic hydroxyl groups is 1. The summed E-state index contributed by atoms with van der Waals surface area (Å²) in [6, 6.07) is 16.6. The number of rotatable bonds is 9. The lowest BCUT2D eigenvalue weighted by atomic mass is 9.75. The van der Waals surface area contributed by atoms with Crippen molar-refractivity contribution in [3.05, 3.63) is 65.7 Å². The Bertz CT molecular complexity index is 1080. The normalized spacial score (nSPS) is 21.6. The van der Waals surface area contributed by atoms with Gasteiger partial charge in [0.25, 0.3) is 0 Å². The van der Waals surface area contributed by atoms with Gasteiger partial charge in [-0.3, -0.25) is 19.3 Å². The Morgan fingerprint density at radius 3 is 2.47 bits per heavy atom. The molecule has 0 saturated carbocycles. The molecule has 1 N–H and O–H groups in total. The molecular formula is C28H34N2O6. The fraction of sp³-hybridized carbons (Fsp3) is 0.464. The molecule has 0 aromatic heterocycles. The maximum atomic E-state index is 13.7. The van der Waals surface area contributed by atoms with Crippen molar-refractivity contribution >= 4 is 17.7 Å². The van der Waals surface area contributed by atoms with Gasteiger partial charge in [-0.1, -0.05) is 42.5 Å². The Hall–Kier alpha value is -3.23. The summed E-state index contributed by atoms with van der Waals surface area (Å²) in [4.78, 5) is 43.1. The smallest absolute Gasteiger partial charge is 0.240 e. The zero-order valence-electron chi connectivity index (χ0n) is 20.9. The van der Waals surface area contributed by atoms with E-state index in [1.165, 1.54) is 19.1 Å². The number of likely N-dealkylation sites (tertiary alicyclic amines) is 2. The lowest BCUT2D eigenvalue weighted by Crippen LogP contribution is -2.46. The summed E-state index contributed by atoms with van der Waals surface area (Å²) >= 11 is 0. The number of hydrogen-bond donors (Lipinski definition) is 1. The molecule has 2 fully saturated rings. The summed E-state index contributed by atoms with van der Waals surface area (Å²) in [7, 11) is 3.06. The van der Waals surface area contributed by atoms with Crippen LogP contribution in [0.3, 0.4) is 0 Å². The molecule has 2 aromatic carbocycles. The molecule has 36 heavy (non-hydrogen) atoms. The minimum Gasteiger partial charge on any atom is -0.497 e. The van der Waals surface area contributed by atoms with Crippen LogP contribution in [0.4, 0.5) is 0 Å². The molecule has 2 aliphatic heterocycles. The summed E-state index contributed by atoms with van der Waals surface area (Å²) in [5.74, 6) is -0.230. The minimum atomic E-state index is -1.28. The highest BCUT2D eigenvalue weighted by molar-refractivity contribution is 6.10. The number of amides is 3. The van der Waals surface area contributed by atoms with Crippen molar-refractivity contribution in [3.8, 4) is 5.75 Å². The van der Waals surface area contributed by atoms with Crippen molar-refractivity contribution in [2.45, 2.75) is 37.2 Å². The fourth-order valence-corrected chi connectivity index (χ4v) is 5.35. The molecule has 0 spiro atoms. The summed E-state index contributed by atoms with van der Waals surface area (Å²) in [5.41, 5.74) is 0.199. The Morgan fingerprint density at radius 1 is 1.08 bits per heavy atom. The van der Waals surface area contributed by atoms with Crippen molar-refractivity contribution in [3.63, 3.8) is 0 Å². The molecule has 0 bridgehead atoms. The van der Waals surface area contributed by atoms with Crippen LogP contribution in [0.1, 0.15) is 42.9 Å². The van der Waals surface area contributed by atoms with E-state index < -0.39 is 11.5 Å². The van der Waals surface area contributed by atoms with Crippen molar-refractivity contribution < 1.29 is 29.0 Å². The first-order valence-electron chi connectivity index (χ1n) is 12.4. The minimum absolute atomic E-state index is 0.0584. The van der Waals surface area contributed by atoms with Crippen LogP contribution in [0.5, 0.6) is 5.75 Å². The zero-order chi connectivity index (χ0) is 25.7. The summed E-state index contributed by atoms with van der Waals surface area (Å²) < 4.78 is 10.4. The number of hydrogen-bond acceptors (Lipinski definition) is 6. The van der Waals surface area contributed by atoms with Gasteiger partial charge in [0, 0.05) is 33.0 Å². The predicted molar refractivity (Wildman–Crippen MR) is 133 cm³/mol. The van der Waals surface area contributed by atoms with Crippen LogP contribution < -0.4 is 4.74 Å². The average molecular weight is 495 g/mol. The average Bonchev–Trinajstić information content (AvgIpc) is 3.16. The van der Waals surface area contributed by atoms with Gasteiger partial charge in [-0.2, -0.15) is 0 Å². The number of methoxy groups -OCH3 is 2. The van der Waals surface area contributed by atoms with Crippen molar-refractivity contribution in [1.82, 2.24) is 9.80 Å². The van der Waals surface area contributed by atoms with Crippen molar-refractivity contribution in [2.24, 2.45) is 5.92 Å². The third kappa shape index (κ3) is 5.15. The van der Waals surface area contributed by atoms with Gasteiger partial charge in [0.15, 0.2) is 0 Å². The number of carbonyl (C=O) groups is 3. The summed E-state index contributed by atoms with van der Waals surface area (Å²) in [6.07, 6.45) is 0.592. The molecule has 0 radical (unpaired) electrons. The number of imide groups is 1. The highest BCUT2D eigenvalue weighted by Crippen LogP contribution is 2.42. The van der Waals surface area contributed by atoms with E-state index in [1.807, 2.05) is 30.3 Å². The first-order chi connectivity index (χ1) is 17.4. The predicted octanol–water partition coefficient (Wildman–Crippen LogP) is 2.70. The number of nitrogens with zero attached hydrogens (tertiary/aromatic N) is 2. The van der Waals surface area contributed by atoms with Crippen LogP contribution in [-0.2, 0) is 24.5 Å². The SMILES string of the molecule is COCCN1C(=O)CC(CC(=O)N2CCC(C(O)c3ccccc3)CC2)(c2cccc(OC)c2)C1=O. The third-order valence-corrected chi connectivity index (χ3v) is 7.48. The number of benzene rings is 2. The van der Waals surface area contributed by atoms with E-state index in [4.69, 9.17) is 9.47 Å². The van der Waals surface area contributed by atoms with Gasteiger partial charge < -0.3 is 19.5 Å². The standard InChI is InChI=1S/C28H34N2O6/c1-35-16-15-30-25(32)19-28(27(30)34,22-9-6-10-23(17-22)36-2)18-24(31)29-13-11-21(12-14-29)26(33)20-7-4-3-5-8-20/h3-10,17,21,26,33H,11-16,18-19H2,1-2H3. The second-order valence-electron chi connectivity index (χ2n) is 9.58. The highest BCUT2D eigenvalue weighted by atomic mass is 16.5. The van der Waals surface area contributed by atoms with Crippen LogP contribution in [0.15, 0.2) is 54.6 Å². The van der Waals surface area contributed by atoms with Gasteiger partial charge in [0.1, 0.15) is 5.75 Å². The Labute approximate surface area is 211 Å². The number of carbonyl (C=O) groups excluding carboxylic acids is 3. The molecule has 4 rings (SSSR count). The molecular weight excluding hydrogens is 460 g/mol. The second kappa shape index (κ2) is 11.2. The summed E-state index contributed by atoms with van der Waals surface area (Å²) in [5, 5.41) is 10.8. The van der Waals surface area contributed by atoms with Gasteiger partial charge in [0.2, 0.25) is 17.7 Å². The number of piperidine rings is 1. The fourth-order valence-electron chi connectivity index (χ4n) is 5.35. The lowest BCUT2D eigenvalue weighted by Gasteiger charge is -2.36. The molecule has 2 heterocycles. The van der Waals surface area contributed by atoms with Gasteiger partial charge >= 0.3 is 0 Å². The van der Waals surface area contributed by atoms with E-state index in [2.05, 4.69) is 0 Å². The Balaban J connectivity index is 1.51. The Kier molecular flexibility index (Phi) is 8.06. The van der Waals surface area contributed by atoms with Crippen LogP contribution in [0.25, 0.3) is 0 Å². The molecule has 2 unspecified atom stereocenters. The first-order valence-corrected chi connectivity index (χ1v) is 12.4. The highest BCUT2D eigenvalue weighted by Gasteiger charge is 2.54. The van der Waals surface area contributed by atoms with Crippen LogP contribution in [0, 0.1) is 5.92 Å². The molecule has 2 atom stereocenters. The van der Waals surface area contributed by atoms with Gasteiger partial charge in [-0.15, -0.1) is 0 Å². The number of aliphatic hydroxyl groups excluding tert-OH is 1. The molecule has 2 aromatic rings. The maximum Gasteiger partial charge on any atom is 0.240 e. The maximum absolute atomic E-state index is 13.7. The molecule has 8 nitrogen and oxygen atoms in total. The van der Waals surface area contributed by atoms with E-state index >= 15 is 0 Å². The molecule has 192 valence electrons. The van der Waals surface area contributed by atoms with E-state index in [9.17, 15) is 19.5 Å². The molecule has 0 aliphatic carbocycles. The topological polar surface area (TPSA) is 96.4 Å². The lowest BCUT2D eigenvalue weighted by molar-refractivity contribution is -0.143. The van der Waals surface area contributed by atoms with Gasteiger partial charge in [-0.05, 0) is 42.0 Å². The van der Waals surface area contributed by atoms with Gasteiger partial charge in [0.05, 0.1) is 31.8 Å². The molecule has 8 heteroatoms. The van der Waals surface area contributed by atoms with Crippen LogP contribution in [0.2, 0.25) is 0 Å². The van der Waals surface area contributed by atoms with E-state index in [0.29, 0.717) is 37.2 Å². The second-order valence-corrected chi connectivity index (χ2v) is 9.58. The summed E-state index contributed by atoms with van der Waals surface area (Å²) in [6.45, 7) is 1.38. The zero-order valence-corrected chi connectivity index (χ0v) is 20.9. The molecule has 2 saturated heterocycles. The van der Waals surface area contributed by atoms with Crippen LogP contribution in [-0.4, -0.2) is 73.1 Å². The van der Waals surface area contributed by atoms with Crippen molar-refractivity contribution in [1.29, 1.82) is 0 Å². The Morgan fingerprint density at radius 2 is 1.81 bits per heavy atom. The number of ether oxygens (including phenoxy) is 2. The van der Waals surface area contributed by atoms with Gasteiger partial charge in [-0.25, -0.2) is 0 Å². The van der Waals surface area contributed by atoms with E-state index in [-0.39, 0.29) is 49.6 Å². The first kappa shape index (κ1) is 25.9. The molecule has 3 amide bonds. The van der Waals surface area contributed by atoms with E-state index in [0.717, 1.165) is 5.56 Å². The molecule has 2 aliphatic rings. The third-order valence-electron chi connectivity index (χ3n) is 7.48. The van der Waals surface area contributed by atoms with Crippen molar-refractivity contribution in [2.75, 3.05) is 40.5 Å². The van der Waals surface area contributed by atoms with Crippen LogP contribution >= 0.6 is 0 Å². The van der Waals surface area contributed by atoms with E-state index in [1.54, 1.807) is 29.2 Å².